The maximum Gasteiger partial charge on any atom is 0.327 e. The van der Waals surface area contributed by atoms with Gasteiger partial charge < -0.3 is 15.3 Å². The molecule has 1 aliphatic rings. The van der Waals surface area contributed by atoms with Crippen LogP contribution in [0, 0.1) is 10.1 Å². The number of nitrogens with one attached hydrogen (secondary N) is 1. The van der Waals surface area contributed by atoms with Crippen LogP contribution in [-0.4, -0.2) is 46.7 Å². The minimum absolute atomic E-state index is 0.108. The minimum atomic E-state index is -1.03. The molecule has 0 saturated carbocycles. The summed E-state index contributed by atoms with van der Waals surface area (Å²) in [5.41, 5.74) is -0.175. The van der Waals surface area contributed by atoms with Gasteiger partial charge in [0.05, 0.1) is 4.92 Å². The first-order chi connectivity index (χ1) is 8.61. The van der Waals surface area contributed by atoms with Gasteiger partial charge in [0.2, 0.25) is 5.82 Å². The summed E-state index contributed by atoms with van der Waals surface area (Å²) in [5.74, 6) is -0.918. The summed E-state index contributed by atoms with van der Waals surface area (Å²) in [4.78, 5) is 26.9. The molecule has 1 aromatic rings. The van der Waals surface area contributed by atoms with Gasteiger partial charge in [0.25, 0.3) is 0 Å². The highest BCUT2D eigenvalue weighted by molar-refractivity contribution is 5.79. The molecular weight excluding hydrogens is 240 g/mol. The van der Waals surface area contributed by atoms with Gasteiger partial charge in [-0.3, -0.25) is 10.1 Å². The Labute approximate surface area is 102 Å². The standard InChI is InChI=1S/C10H12N4O4/c15-10(16)8-6-11-4-5-13(8)9-7(14(17)18)2-1-3-12-9/h1-3,8,11H,4-6H2,(H,15,16)/t8-/m0/s1. The fourth-order valence-electron chi connectivity index (χ4n) is 1.93. The van der Waals surface area contributed by atoms with Crippen LogP contribution in [0.4, 0.5) is 11.5 Å². The molecule has 1 aromatic heterocycles. The van der Waals surface area contributed by atoms with Gasteiger partial charge in [-0.1, -0.05) is 0 Å². The summed E-state index contributed by atoms with van der Waals surface area (Å²) < 4.78 is 0. The average Bonchev–Trinajstić information content (AvgIpc) is 2.38. The molecule has 0 aliphatic carbocycles. The molecule has 1 atom stereocenters. The lowest BCUT2D eigenvalue weighted by Crippen LogP contribution is -2.55. The van der Waals surface area contributed by atoms with E-state index in [0.29, 0.717) is 13.1 Å². The molecule has 1 saturated heterocycles. The second-order valence-corrected chi connectivity index (χ2v) is 3.85. The zero-order chi connectivity index (χ0) is 13.1. The molecule has 18 heavy (non-hydrogen) atoms. The molecule has 2 N–H and O–H groups in total. The third kappa shape index (κ3) is 2.23. The first-order valence-electron chi connectivity index (χ1n) is 5.41. The zero-order valence-electron chi connectivity index (χ0n) is 9.44. The Kier molecular flexibility index (Phi) is 3.38. The minimum Gasteiger partial charge on any atom is -0.480 e. The van der Waals surface area contributed by atoms with Crippen molar-refractivity contribution in [1.82, 2.24) is 10.3 Å². The lowest BCUT2D eigenvalue weighted by molar-refractivity contribution is -0.384. The second kappa shape index (κ2) is 4.96. The molecule has 1 aliphatic heterocycles. The number of aliphatic carboxylic acids is 1. The molecule has 0 bridgehead atoms. The number of nitrogens with zero attached hydrogens (tertiary/aromatic N) is 3. The van der Waals surface area contributed by atoms with Crippen molar-refractivity contribution in [1.29, 1.82) is 0 Å². The number of piperazine rings is 1. The Morgan fingerprint density at radius 3 is 3.11 bits per heavy atom. The van der Waals surface area contributed by atoms with E-state index < -0.39 is 16.9 Å². The number of aromatic nitrogens is 1. The van der Waals surface area contributed by atoms with Crippen LogP contribution in [0.25, 0.3) is 0 Å². The van der Waals surface area contributed by atoms with E-state index in [1.54, 1.807) is 0 Å². The molecule has 0 aromatic carbocycles. The Bertz CT molecular complexity index is 479. The largest absolute Gasteiger partial charge is 0.480 e. The Hall–Kier alpha value is -2.22. The number of nitro groups is 1. The van der Waals surface area contributed by atoms with Gasteiger partial charge in [-0.15, -0.1) is 0 Å². The van der Waals surface area contributed by atoms with Crippen molar-refractivity contribution in [2.24, 2.45) is 0 Å². The molecule has 0 spiro atoms. The normalized spacial score (nSPS) is 19.6. The molecule has 1 fully saturated rings. The molecule has 0 radical (unpaired) electrons. The van der Waals surface area contributed by atoms with Gasteiger partial charge >= 0.3 is 11.7 Å². The number of carboxylic acid groups (broad SMARTS) is 1. The van der Waals surface area contributed by atoms with E-state index >= 15 is 0 Å². The van der Waals surface area contributed by atoms with Crippen LogP contribution >= 0.6 is 0 Å². The highest BCUT2D eigenvalue weighted by Gasteiger charge is 2.33. The van der Waals surface area contributed by atoms with Crippen LogP contribution in [0.1, 0.15) is 0 Å². The lowest BCUT2D eigenvalue weighted by atomic mass is 10.2. The highest BCUT2D eigenvalue weighted by Crippen LogP contribution is 2.26. The van der Waals surface area contributed by atoms with Crippen LogP contribution in [0.3, 0.4) is 0 Å². The molecule has 8 heteroatoms. The van der Waals surface area contributed by atoms with E-state index in [1.165, 1.54) is 23.2 Å². The fourth-order valence-corrected chi connectivity index (χ4v) is 1.93. The topological polar surface area (TPSA) is 109 Å². The van der Waals surface area contributed by atoms with Crippen molar-refractivity contribution in [3.8, 4) is 0 Å². The maximum absolute atomic E-state index is 11.1. The van der Waals surface area contributed by atoms with Gasteiger partial charge in [-0.2, -0.15) is 0 Å². The molecule has 8 nitrogen and oxygen atoms in total. The number of anilines is 1. The smallest absolute Gasteiger partial charge is 0.327 e. The average molecular weight is 252 g/mol. The van der Waals surface area contributed by atoms with Crippen molar-refractivity contribution >= 4 is 17.5 Å². The zero-order valence-corrected chi connectivity index (χ0v) is 9.44. The first kappa shape index (κ1) is 12.2. The highest BCUT2D eigenvalue weighted by atomic mass is 16.6. The third-order valence-electron chi connectivity index (χ3n) is 2.76. The summed E-state index contributed by atoms with van der Waals surface area (Å²) in [6, 6.07) is 1.94. The molecule has 0 unspecified atom stereocenters. The summed E-state index contributed by atoms with van der Waals surface area (Å²) in [6.07, 6.45) is 1.42. The van der Waals surface area contributed by atoms with Crippen LogP contribution in [0.5, 0.6) is 0 Å². The van der Waals surface area contributed by atoms with Crippen molar-refractivity contribution in [2.75, 3.05) is 24.5 Å². The lowest BCUT2D eigenvalue weighted by Gasteiger charge is -2.33. The number of carboxylic acids is 1. The number of hydrogen-bond acceptors (Lipinski definition) is 6. The van der Waals surface area contributed by atoms with Crippen molar-refractivity contribution < 1.29 is 14.8 Å². The van der Waals surface area contributed by atoms with Crippen LogP contribution in [-0.2, 0) is 4.79 Å². The third-order valence-corrected chi connectivity index (χ3v) is 2.76. The van der Waals surface area contributed by atoms with Gasteiger partial charge in [-0.25, -0.2) is 9.78 Å². The van der Waals surface area contributed by atoms with Gasteiger partial charge in [0.15, 0.2) is 0 Å². The van der Waals surface area contributed by atoms with E-state index in [0.717, 1.165) is 0 Å². The Morgan fingerprint density at radius 2 is 2.44 bits per heavy atom. The number of carbonyl (C=O) groups is 1. The van der Waals surface area contributed by atoms with Gasteiger partial charge in [-0.05, 0) is 6.07 Å². The van der Waals surface area contributed by atoms with E-state index in [9.17, 15) is 14.9 Å². The van der Waals surface area contributed by atoms with Gasteiger partial charge in [0.1, 0.15) is 6.04 Å². The molecule has 2 heterocycles. The molecule has 96 valence electrons. The Morgan fingerprint density at radius 1 is 1.67 bits per heavy atom. The van der Waals surface area contributed by atoms with Gasteiger partial charge in [0, 0.05) is 31.9 Å². The van der Waals surface area contributed by atoms with Crippen molar-refractivity contribution in [3.05, 3.63) is 28.4 Å². The maximum atomic E-state index is 11.1. The Balaban J connectivity index is 2.39. The van der Waals surface area contributed by atoms with E-state index in [2.05, 4.69) is 10.3 Å². The van der Waals surface area contributed by atoms with E-state index in [1.807, 2.05) is 0 Å². The molecule has 0 amide bonds. The number of pyridine rings is 1. The summed E-state index contributed by atoms with van der Waals surface area (Å²) >= 11 is 0. The second-order valence-electron chi connectivity index (χ2n) is 3.85. The number of rotatable bonds is 3. The summed E-state index contributed by atoms with van der Waals surface area (Å²) in [7, 11) is 0. The predicted molar refractivity (Wildman–Crippen MR) is 62.5 cm³/mol. The fraction of sp³-hybridized carbons (Fsp3) is 0.400. The quantitative estimate of drug-likeness (QED) is 0.568. The molecule has 2 rings (SSSR count). The van der Waals surface area contributed by atoms with E-state index in [-0.39, 0.29) is 18.1 Å². The SMILES string of the molecule is O=C(O)[C@@H]1CNCCN1c1ncccc1[N+](=O)[O-]. The monoisotopic (exact) mass is 252 g/mol. The molecular formula is C10H12N4O4. The van der Waals surface area contributed by atoms with E-state index in [4.69, 9.17) is 5.11 Å². The summed E-state index contributed by atoms with van der Waals surface area (Å²) in [6.45, 7) is 1.18. The van der Waals surface area contributed by atoms with Crippen molar-refractivity contribution in [2.45, 2.75) is 6.04 Å². The van der Waals surface area contributed by atoms with Crippen LogP contribution < -0.4 is 10.2 Å². The van der Waals surface area contributed by atoms with Crippen LogP contribution in [0.2, 0.25) is 0 Å². The van der Waals surface area contributed by atoms with Crippen molar-refractivity contribution in [3.63, 3.8) is 0 Å². The summed E-state index contributed by atoms with van der Waals surface area (Å²) in [5, 5.41) is 23.0. The first-order valence-corrected chi connectivity index (χ1v) is 5.41. The predicted octanol–water partition coefficient (Wildman–Crippen LogP) is -0.147. The van der Waals surface area contributed by atoms with Crippen LogP contribution in [0.15, 0.2) is 18.3 Å². The number of hydrogen-bond donors (Lipinski definition) is 2.